The predicted octanol–water partition coefficient (Wildman–Crippen LogP) is 4.58. The molecule has 1 N–H and O–H groups in total. The highest BCUT2D eigenvalue weighted by molar-refractivity contribution is 6.30. The number of pyridine rings is 1. The summed E-state index contributed by atoms with van der Waals surface area (Å²) in [5, 5.41) is 9.88. The number of benzene rings is 2. The van der Waals surface area contributed by atoms with Gasteiger partial charge in [0.05, 0.1) is 0 Å². The van der Waals surface area contributed by atoms with Gasteiger partial charge in [0, 0.05) is 22.8 Å². The van der Waals surface area contributed by atoms with E-state index in [0.29, 0.717) is 27.8 Å². The number of ether oxygens (including phenoxy) is 2. The highest BCUT2D eigenvalue weighted by Crippen LogP contribution is 2.23. The number of halogens is 1. The average molecular weight is 393 g/mol. The van der Waals surface area contributed by atoms with Crippen LogP contribution < -0.4 is 4.74 Å². The summed E-state index contributed by atoms with van der Waals surface area (Å²) >= 11 is 5.87. The fourth-order valence-electron chi connectivity index (χ4n) is 2.46. The molecule has 1 aliphatic heterocycles. The summed E-state index contributed by atoms with van der Waals surface area (Å²) in [6, 6.07) is 16.6. The SMILES string of the molecule is O=C1OC(c2ccc(Cl)cc2)=N/C1=C/c1ccc(Oc2ccc(O)cc2)nc1. The fraction of sp³-hybridized carbons (Fsp3) is 0. The first-order chi connectivity index (χ1) is 13.6. The molecule has 138 valence electrons. The molecule has 0 saturated carbocycles. The van der Waals surface area contributed by atoms with E-state index in [9.17, 15) is 9.90 Å². The number of hydrogen-bond acceptors (Lipinski definition) is 6. The minimum absolute atomic E-state index is 0.157. The van der Waals surface area contributed by atoms with Gasteiger partial charge < -0.3 is 14.6 Å². The first kappa shape index (κ1) is 17.8. The molecule has 1 aliphatic rings. The van der Waals surface area contributed by atoms with Crippen LogP contribution in [-0.2, 0) is 9.53 Å². The molecule has 0 unspecified atom stereocenters. The van der Waals surface area contributed by atoms with Crippen LogP contribution in [0.5, 0.6) is 17.4 Å². The fourth-order valence-corrected chi connectivity index (χ4v) is 2.58. The lowest BCUT2D eigenvalue weighted by molar-refractivity contribution is -0.129. The van der Waals surface area contributed by atoms with Gasteiger partial charge in [-0.3, -0.25) is 0 Å². The second kappa shape index (κ2) is 7.54. The third-order valence-electron chi connectivity index (χ3n) is 3.83. The third kappa shape index (κ3) is 4.02. The van der Waals surface area contributed by atoms with E-state index in [1.165, 1.54) is 12.1 Å². The largest absolute Gasteiger partial charge is 0.508 e. The number of hydrogen-bond donors (Lipinski definition) is 1. The average Bonchev–Trinajstić information content (AvgIpc) is 3.06. The molecule has 4 rings (SSSR count). The summed E-state index contributed by atoms with van der Waals surface area (Å²) in [6.07, 6.45) is 3.15. The van der Waals surface area contributed by atoms with Gasteiger partial charge >= 0.3 is 5.97 Å². The van der Waals surface area contributed by atoms with Crippen molar-refractivity contribution in [3.05, 3.63) is 88.7 Å². The van der Waals surface area contributed by atoms with Crippen molar-refractivity contribution in [2.24, 2.45) is 4.99 Å². The van der Waals surface area contributed by atoms with Gasteiger partial charge in [-0.25, -0.2) is 14.8 Å². The molecule has 0 bridgehead atoms. The van der Waals surface area contributed by atoms with Crippen LogP contribution in [0, 0.1) is 0 Å². The maximum Gasteiger partial charge on any atom is 0.363 e. The smallest absolute Gasteiger partial charge is 0.363 e. The molecule has 2 heterocycles. The molecule has 7 heteroatoms. The molecular weight excluding hydrogens is 380 g/mol. The van der Waals surface area contributed by atoms with Gasteiger partial charge in [0.15, 0.2) is 5.70 Å². The molecule has 2 aromatic carbocycles. The number of aliphatic imine (C=N–C) groups is 1. The number of esters is 1. The number of carbonyl (C=O) groups is 1. The number of aromatic nitrogens is 1. The molecule has 0 radical (unpaired) electrons. The number of phenols is 1. The lowest BCUT2D eigenvalue weighted by Crippen LogP contribution is -2.05. The van der Waals surface area contributed by atoms with E-state index in [4.69, 9.17) is 21.1 Å². The van der Waals surface area contributed by atoms with Crippen LogP contribution in [0.15, 0.2) is 77.5 Å². The van der Waals surface area contributed by atoms with Gasteiger partial charge in [-0.15, -0.1) is 0 Å². The lowest BCUT2D eigenvalue weighted by Gasteiger charge is -2.04. The Morgan fingerprint density at radius 1 is 1.00 bits per heavy atom. The summed E-state index contributed by atoms with van der Waals surface area (Å²) < 4.78 is 10.8. The van der Waals surface area contributed by atoms with E-state index in [1.54, 1.807) is 60.8 Å². The number of nitrogens with zero attached hydrogens (tertiary/aromatic N) is 2. The Hall–Kier alpha value is -3.64. The van der Waals surface area contributed by atoms with Crippen LogP contribution >= 0.6 is 11.6 Å². The maximum atomic E-state index is 12.1. The van der Waals surface area contributed by atoms with E-state index in [2.05, 4.69) is 9.98 Å². The van der Waals surface area contributed by atoms with Crippen molar-refractivity contribution in [3.8, 4) is 17.4 Å². The minimum atomic E-state index is -0.533. The monoisotopic (exact) mass is 392 g/mol. The number of phenolic OH excluding ortho intramolecular Hbond substituents is 1. The van der Waals surface area contributed by atoms with E-state index in [1.807, 2.05) is 0 Å². The van der Waals surface area contributed by atoms with Crippen molar-refractivity contribution in [3.63, 3.8) is 0 Å². The molecule has 0 atom stereocenters. The maximum absolute atomic E-state index is 12.1. The van der Waals surface area contributed by atoms with Gasteiger partial charge in [-0.2, -0.15) is 0 Å². The summed E-state index contributed by atoms with van der Waals surface area (Å²) in [4.78, 5) is 20.5. The molecule has 0 saturated heterocycles. The Morgan fingerprint density at radius 3 is 2.43 bits per heavy atom. The Bertz CT molecular complexity index is 1070. The van der Waals surface area contributed by atoms with Crippen molar-refractivity contribution >= 4 is 29.5 Å². The summed E-state index contributed by atoms with van der Waals surface area (Å²) in [6.45, 7) is 0. The first-order valence-electron chi connectivity index (χ1n) is 8.28. The van der Waals surface area contributed by atoms with Gasteiger partial charge in [0.1, 0.15) is 11.5 Å². The number of cyclic esters (lactones) is 1. The van der Waals surface area contributed by atoms with Gasteiger partial charge in [0.25, 0.3) is 0 Å². The van der Waals surface area contributed by atoms with Crippen LogP contribution in [0.25, 0.3) is 6.08 Å². The van der Waals surface area contributed by atoms with Crippen LogP contribution in [0.2, 0.25) is 5.02 Å². The zero-order chi connectivity index (χ0) is 19.5. The predicted molar refractivity (Wildman–Crippen MR) is 104 cm³/mol. The minimum Gasteiger partial charge on any atom is -0.508 e. The summed E-state index contributed by atoms with van der Waals surface area (Å²) in [5.74, 6) is 0.784. The molecule has 6 nitrogen and oxygen atoms in total. The number of carbonyl (C=O) groups excluding carboxylic acids is 1. The van der Waals surface area contributed by atoms with Gasteiger partial charge in [-0.1, -0.05) is 11.6 Å². The highest BCUT2D eigenvalue weighted by Gasteiger charge is 2.24. The molecule has 0 spiro atoms. The van der Waals surface area contributed by atoms with Crippen molar-refractivity contribution < 1.29 is 19.4 Å². The second-order valence-corrected chi connectivity index (χ2v) is 6.31. The molecule has 0 fully saturated rings. The zero-order valence-corrected chi connectivity index (χ0v) is 15.1. The topological polar surface area (TPSA) is 81.0 Å². The molecule has 0 amide bonds. The Kier molecular flexibility index (Phi) is 4.78. The van der Waals surface area contributed by atoms with Crippen molar-refractivity contribution in [2.45, 2.75) is 0 Å². The Balaban J connectivity index is 1.51. The Morgan fingerprint density at radius 2 is 1.75 bits per heavy atom. The molecule has 1 aromatic heterocycles. The molecule has 0 aliphatic carbocycles. The van der Waals surface area contributed by atoms with Crippen LogP contribution in [0.4, 0.5) is 0 Å². The summed E-state index contributed by atoms with van der Waals surface area (Å²) in [7, 11) is 0. The van der Waals surface area contributed by atoms with Crippen molar-refractivity contribution in [1.29, 1.82) is 0 Å². The number of rotatable bonds is 4. The van der Waals surface area contributed by atoms with Gasteiger partial charge in [-0.05, 0) is 66.2 Å². The first-order valence-corrected chi connectivity index (χ1v) is 8.66. The normalized spacial score (nSPS) is 14.7. The highest BCUT2D eigenvalue weighted by atomic mass is 35.5. The van der Waals surface area contributed by atoms with E-state index < -0.39 is 5.97 Å². The molecule has 3 aromatic rings. The van der Waals surface area contributed by atoms with E-state index in [0.717, 1.165) is 0 Å². The van der Waals surface area contributed by atoms with Crippen LogP contribution in [0.1, 0.15) is 11.1 Å². The number of aromatic hydroxyl groups is 1. The van der Waals surface area contributed by atoms with Crippen molar-refractivity contribution in [2.75, 3.05) is 0 Å². The third-order valence-corrected chi connectivity index (χ3v) is 4.09. The molecule has 28 heavy (non-hydrogen) atoms. The summed E-state index contributed by atoms with van der Waals surface area (Å²) in [5.41, 5.74) is 1.52. The van der Waals surface area contributed by atoms with Crippen LogP contribution in [0.3, 0.4) is 0 Å². The van der Waals surface area contributed by atoms with Crippen LogP contribution in [-0.4, -0.2) is 22.0 Å². The van der Waals surface area contributed by atoms with E-state index in [-0.39, 0.29) is 17.3 Å². The quantitative estimate of drug-likeness (QED) is 0.519. The Labute approximate surface area is 165 Å². The van der Waals surface area contributed by atoms with Crippen molar-refractivity contribution in [1.82, 2.24) is 4.98 Å². The standard InChI is InChI=1S/C21H13ClN2O4/c22-15-4-2-14(3-5-15)20-24-18(21(26)28-20)11-13-1-10-19(23-12-13)27-17-8-6-16(25)7-9-17/h1-12,25H/b18-11+. The van der Waals surface area contributed by atoms with E-state index >= 15 is 0 Å². The molecular formula is C21H13ClN2O4. The second-order valence-electron chi connectivity index (χ2n) is 5.87. The lowest BCUT2D eigenvalue weighted by atomic mass is 10.2. The zero-order valence-electron chi connectivity index (χ0n) is 14.4. The van der Waals surface area contributed by atoms with Gasteiger partial charge in [0.2, 0.25) is 11.8 Å².